The lowest BCUT2D eigenvalue weighted by Gasteiger charge is -2.29. The van der Waals surface area contributed by atoms with Crippen molar-refractivity contribution < 1.29 is 9.59 Å². The molecule has 1 aromatic rings. The molecular formula is C19H28N2O2. The molecule has 23 heavy (non-hydrogen) atoms. The summed E-state index contributed by atoms with van der Waals surface area (Å²) in [5.74, 6) is -0.0572. The molecule has 0 aromatic heterocycles. The maximum Gasteiger partial charge on any atom is 0.245 e. The van der Waals surface area contributed by atoms with Crippen LogP contribution in [-0.2, 0) is 16.0 Å². The minimum atomic E-state index is -0.483. The van der Waals surface area contributed by atoms with Crippen molar-refractivity contribution in [3.8, 4) is 0 Å². The fraction of sp³-hybridized carbons (Fsp3) is 0.579. The molecule has 1 saturated heterocycles. The molecule has 1 fully saturated rings. The molecule has 2 atom stereocenters. The van der Waals surface area contributed by atoms with Crippen LogP contribution < -0.4 is 5.32 Å². The number of nitrogens with one attached hydrogen (secondary N) is 1. The Morgan fingerprint density at radius 2 is 1.91 bits per heavy atom. The Morgan fingerprint density at radius 1 is 1.26 bits per heavy atom. The first kappa shape index (κ1) is 17.5. The van der Waals surface area contributed by atoms with E-state index in [4.69, 9.17) is 0 Å². The summed E-state index contributed by atoms with van der Waals surface area (Å²) in [6.07, 6.45) is 2.94. The van der Waals surface area contributed by atoms with E-state index < -0.39 is 11.5 Å². The first-order valence-corrected chi connectivity index (χ1v) is 8.44. The van der Waals surface area contributed by atoms with Gasteiger partial charge < -0.3 is 10.2 Å². The van der Waals surface area contributed by atoms with Gasteiger partial charge in [0.1, 0.15) is 6.04 Å². The zero-order chi connectivity index (χ0) is 17.0. The third-order valence-electron chi connectivity index (χ3n) is 4.37. The van der Waals surface area contributed by atoms with Crippen molar-refractivity contribution >= 4 is 11.8 Å². The maximum atomic E-state index is 12.7. The molecule has 2 amide bonds. The number of amides is 2. The lowest BCUT2D eigenvalue weighted by Crippen LogP contribution is -2.51. The van der Waals surface area contributed by atoms with Crippen LogP contribution in [0, 0.1) is 5.41 Å². The summed E-state index contributed by atoms with van der Waals surface area (Å²) in [5, 5.41) is 2.85. The summed E-state index contributed by atoms with van der Waals surface area (Å²) in [4.78, 5) is 26.7. The molecule has 1 heterocycles. The first-order chi connectivity index (χ1) is 10.8. The number of rotatable bonds is 4. The Labute approximate surface area is 139 Å². The lowest BCUT2D eigenvalue weighted by molar-refractivity contribution is -0.138. The van der Waals surface area contributed by atoms with Crippen LogP contribution in [0.1, 0.15) is 46.1 Å². The molecular weight excluding hydrogens is 288 g/mol. The van der Waals surface area contributed by atoms with Crippen LogP contribution in [0.2, 0.25) is 0 Å². The summed E-state index contributed by atoms with van der Waals surface area (Å²) in [5.41, 5.74) is 0.770. The highest BCUT2D eigenvalue weighted by Gasteiger charge is 2.33. The van der Waals surface area contributed by atoms with Gasteiger partial charge in [-0.05, 0) is 31.7 Å². The Bertz CT molecular complexity index is 548. The number of hydrogen-bond acceptors (Lipinski definition) is 2. The number of hydrogen-bond donors (Lipinski definition) is 1. The van der Waals surface area contributed by atoms with Crippen LogP contribution >= 0.6 is 0 Å². The highest BCUT2D eigenvalue weighted by atomic mass is 16.2. The monoisotopic (exact) mass is 316 g/mol. The van der Waals surface area contributed by atoms with Crippen molar-refractivity contribution in [1.29, 1.82) is 0 Å². The predicted octanol–water partition coefficient (Wildman–Crippen LogP) is 2.77. The number of benzene rings is 1. The molecule has 0 bridgehead atoms. The summed E-state index contributed by atoms with van der Waals surface area (Å²) < 4.78 is 0. The van der Waals surface area contributed by atoms with E-state index in [2.05, 4.69) is 17.4 Å². The average Bonchev–Trinajstić information content (AvgIpc) is 2.94. The summed E-state index contributed by atoms with van der Waals surface area (Å²) in [6.45, 7) is 8.13. The van der Waals surface area contributed by atoms with E-state index >= 15 is 0 Å². The minimum Gasteiger partial charge on any atom is -0.344 e. The maximum absolute atomic E-state index is 12.7. The van der Waals surface area contributed by atoms with Gasteiger partial charge in [-0.1, -0.05) is 51.1 Å². The molecule has 0 aliphatic carbocycles. The molecule has 1 aliphatic rings. The standard InChI is InChI=1S/C19H28N2O2/c1-14(20-18(23)19(2,3)4)17(22)21-12-8-11-16(21)13-15-9-6-5-7-10-15/h5-7,9-10,14,16H,8,11-13H2,1-4H3,(H,20,23). The van der Waals surface area contributed by atoms with Crippen molar-refractivity contribution in [1.82, 2.24) is 10.2 Å². The predicted molar refractivity (Wildman–Crippen MR) is 91.9 cm³/mol. The number of carbonyl (C=O) groups excluding carboxylic acids is 2. The Morgan fingerprint density at radius 3 is 2.52 bits per heavy atom. The van der Waals surface area contributed by atoms with Crippen LogP contribution in [0.5, 0.6) is 0 Å². The van der Waals surface area contributed by atoms with E-state index in [0.29, 0.717) is 0 Å². The van der Waals surface area contributed by atoms with E-state index in [-0.39, 0.29) is 17.9 Å². The van der Waals surface area contributed by atoms with Crippen LogP contribution in [0.25, 0.3) is 0 Å². The molecule has 2 unspecified atom stereocenters. The molecule has 2 rings (SSSR count). The Balaban J connectivity index is 1.98. The van der Waals surface area contributed by atoms with Crippen molar-refractivity contribution in [3.63, 3.8) is 0 Å². The van der Waals surface area contributed by atoms with Crippen molar-refractivity contribution in [2.24, 2.45) is 5.41 Å². The second kappa shape index (κ2) is 7.16. The minimum absolute atomic E-state index is 0.0287. The third-order valence-corrected chi connectivity index (χ3v) is 4.37. The molecule has 1 aliphatic heterocycles. The van der Waals surface area contributed by atoms with Gasteiger partial charge in [0.15, 0.2) is 0 Å². The van der Waals surface area contributed by atoms with Crippen molar-refractivity contribution in [3.05, 3.63) is 35.9 Å². The smallest absolute Gasteiger partial charge is 0.245 e. The average molecular weight is 316 g/mol. The van der Waals surface area contributed by atoms with Crippen LogP contribution in [-0.4, -0.2) is 35.3 Å². The van der Waals surface area contributed by atoms with E-state index in [1.165, 1.54) is 5.56 Å². The van der Waals surface area contributed by atoms with Gasteiger partial charge in [0.25, 0.3) is 0 Å². The lowest BCUT2D eigenvalue weighted by atomic mass is 9.95. The third kappa shape index (κ3) is 4.57. The van der Waals surface area contributed by atoms with Crippen molar-refractivity contribution in [2.75, 3.05) is 6.54 Å². The topological polar surface area (TPSA) is 49.4 Å². The van der Waals surface area contributed by atoms with Gasteiger partial charge in [0.2, 0.25) is 11.8 Å². The largest absolute Gasteiger partial charge is 0.344 e. The van der Waals surface area contributed by atoms with Gasteiger partial charge >= 0.3 is 0 Å². The zero-order valence-corrected chi connectivity index (χ0v) is 14.6. The molecule has 0 saturated carbocycles. The summed E-state index contributed by atoms with van der Waals surface area (Å²) >= 11 is 0. The molecule has 0 radical (unpaired) electrons. The van der Waals surface area contributed by atoms with Crippen LogP contribution in [0.3, 0.4) is 0 Å². The normalized spacial score (nSPS) is 19.5. The van der Waals surface area contributed by atoms with Gasteiger partial charge in [0, 0.05) is 18.0 Å². The molecule has 1 N–H and O–H groups in total. The Kier molecular flexibility index (Phi) is 5.45. The van der Waals surface area contributed by atoms with Gasteiger partial charge in [-0.15, -0.1) is 0 Å². The molecule has 0 spiro atoms. The number of nitrogens with zero attached hydrogens (tertiary/aromatic N) is 1. The fourth-order valence-electron chi connectivity index (χ4n) is 2.95. The molecule has 126 valence electrons. The van der Waals surface area contributed by atoms with Gasteiger partial charge in [-0.25, -0.2) is 0 Å². The zero-order valence-electron chi connectivity index (χ0n) is 14.6. The van der Waals surface area contributed by atoms with Gasteiger partial charge in [-0.3, -0.25) is 9.59 Å². The van der Waals surface area contributed by atoms with E-state index in [1.807, 2.05) is 43.9 Å². The summed E-state index contributed by atoms with van der Waals surface area (Å²) in [7, 11) is 0. The van der Waals surface area contributed by atoms with E-state index in [1.54, 1.807) is 6.92 Å². The number of likely N-dealkylation sites (tertiary alicyclic amines) is 1. The van der Waals surface area contributed by atoms with Gasteiger partial charge in [0.05, 0.1) is 0 Å². The number of carbonyl (C=O) groups is 2. The first-order valence-electron chi connectivity index (χ1n) is 8.44. The van der Waals surface area contributed by atoms with Crippen LogP contribution in [0.15, 0.2) is 30.3 Å². The second-order valence-corrected chi connectivity index (χ2v) is 7.46. The highest BCUT2D eigenvalue weighted by Crippen LogP contribution is 2.22. The summed E-state index contributed by atoms with van der Waals surface area (Å²) in [6, 6.07) is 10.0. The van der Waals surface area contributed by atoms with E-state index in [9.17, 15) is 9.59 Å². The quantitative estimate of drug-likeness (QED) is 0.928. The van der Waals surface area contributed by atoms with Gasteiger partial charge in [-0.2, -0.15) is 0 Å². The molecule has 4 heteroatoms. The molecule has 4 nitrogen and oxygen atoms in total. The molecule has 1 aromatic carbocycles. The SMILES string of the molecule is CC(NC(=O)C(C)(C)C)C(=O)N1CCCC1Cc1ccccc1. The fourth-order valence-corrected chi connectivity index (χ4v) is 2.95. The van der Waals surface area contributed by atoms with Crippen molar-refractivity contribution in [2.45, 2.75) is 59.0 Å². The Hall–Kier alpha value is -1.84. The second-order valence-electron chi connectivity index (χ2n) is 7.46. The van der Waals surface area contributed by atoms with Crippen LogP contribution in [0.4, 0.5) is 0 Å². The highest BCUT2D eigenvalue weighted by molar-refractivity contribution is 5.89. The van der Waals surface area contributed by atoms with E-state index in [0.717, 1.165) is 25.8 Å².